The minimum atomic E-state index is -3.75. The van der Waals surface area contributed by atoms with E-state index in [4.69, 9.17) is 0 Å². The molecule has 1 amide bonds. The topological polar surface area (TPSA) is 75.3 Å². The van der Waals surface area contributed by atoms with Gasteiger partial charge in [-0.1, -0.05) is 60.7 Å². The number of rotatable bonds is 6. The summed E-state index contributed by atoms with van der Waals surface area (Å²) in [6.07, 6.45) is 0. The van der Waals surface area contributed by atoms with Gasteiger partial charge in [0.25, 0.3) is 0 Å². The van der Waals surface area contributed by atoms with E-state index in [0.717, 1.165) is 16.3 Å². The Balaban J connectivity index is 1.72. The molecule has 3 aromatic rings. The van der Waals surface area contributed by atoms with Gasteiger partial charge in [0.15, 0.2) is 0 Å². The molecule has 0 bridgehead atoms. The second-order valence-corrected chi connectivity index (χ2v) is 8.17. The molecule has 0 saturated carbocycles. The van der Waals surface area contributed by atoms with Crippen LogP contribution in [0.3, 0.4) is 0 Å². The second kappa shape index (κ2) is 7.90. The van der Waals surface area contributed by atoms with Crippen LogP contribution in [0.2, 0.25) is 0 Å². The van der Waals surface area contributed by atoms with Crippen molar-refractivity contribution in [3.63, 3.8) is 0 Å². The Labute approximate surface area is 159 Å². The minimum Gasteiger partial charge on any atom is -0.348 e. The fourth-order valence-corrected chi connectivity index (χ4v) is 4.22. The first-order valence-corrected chi connectivity index (χ1v) is 10.2. The highest BCUT2D eigenvalue weighted by molar-refractivity contribution is 7.89. The maximum atomic E-state index is 12.5. The lowest BCUT2D eigenvalue weighted by Gasteiger charge is -2.20. The lowest BCUT2D eigenvalue weighted by molar-refractivity contribution is -0.123. The zero-order valence-corrected chi connectivity index (χ0v) is 16.0. The van der Waals surface area contributed by atoms with Gasteiger partial charge in [0.1, 0.15) is 0 Å². The van der Waals surface area contributed by atoms with Gasteiger partial charge in [-0.05, 0) is 42.3 Å². The summed E-state index contributed by atoms with van der Waals surface area (Å²) in [5, 5.41) is 5.05. The van der Waals surface area contributed by atoms with Crippen LogP contribution in [0.4, 0.5) is 0 Å². The number of nitrogens with one attached hydrogen (secondary N) is 2. The van der Waals surface area contributed by atoms with Crippen LogP contribution in [0.25, 0.3) is 10.8 Å². The number of carbonyl (C=O) groups excluding carboxylic acids is 1. The Morgan fingerprint density at radius 2 is 1.48 bits per heavy atom. The molecule has 2 unspecified atom stereocenters. The normalized spacial score (nSPS) is 13.9. The zero-order chi connectivity index (χ0) is 19.4. The molecule has 0 aliphatic rings. The number of amides is 1. The van der Waals surface area contributed by atoms with Crippen molar-refractivity contribution in [1.29, 1.82) is 0 Å². The predicted molar refractivity (Wildman–Crippen MR) is 107 cm³/mol. The standard InChI is InChI=1S/C21H22N2O3S/c1-15(19-14-8-10-17-9-6-7-13-20(17)19)22-21(24)16(2)23-27(25,26)18-11-4-3-5-12-18/h3-16,23H,1-2H3,(H,22,24). The van der Waals surface area contributed by atoms with Crippen molar-refractivity contribution >= 4 is 26.7 Å². The highest BCUT2D eigenvalue weighted by Gasteiger charge is 2.23. The smallest absolute Gasteiger partial charge is 0.241 e. The van der Waals surface area contributed by atoms with Gasteiger partial charge >= 0.3 is 0 Å². The Kier molecular flexibility index (Phi) is 5.58. The van der Waals surface area contributed by atoms with Gasteiger partial charge in [-0.3, -0.25) is 4.79 Å². The maximum Gasteiger partial charge on any atom is 0.241 e. The summed E-state index contributed by atoms with van der Waals surface area (Å²) in [7, 11) is -3.75. The molecule has 0 aromatic heterocycles. The highest BCUT2D eigenvalue weighted by atomic mass is 32.2. The molecule has 0 heterocycles. The van der Waals surface area contributed by atoms with Crippen LogP contribution in [0.1, 0.15) is 25.5 Å². The molecule has 0 aliphatic heterocycles. The van der Waals surface area contributed by atoms with Gasteiger partial charge < -0.3 is 5.32 Å². The van der Waals surface area contributed by atoms with Gasteiger partial charge in [0.2, 0.25) is 15.9 Å². The highest BCUT2D eigenvalue weighted by Crippen LogP contribution is 2.24. The molecule has 0 radical (unpaired) electrons. The summed E-state index contributed by atoms with van der Waals surface area (Å²) in [5.41, 5.74) is 0.986. The van der Waals surface area contributed by atoms with Crippen molar-refractivity contribution in [2.24, 2.45) is 0 Å². The molecule has 0 saturated heterocycles. The fourth-order valence-electron chi connectivity index (χ4n) is 3.00. The van der Waals surface area contributed by atoms with Crippen LogP contribution < -0.4 is 10.0 Å². The van der Waals surface area contributed by atoms with Gasteiger partial charge in [0.05, 0.1) is 17.0 Å². The molecule has 2 atom stereocenters. The number of fused-ring (bicyclic) bond motifs is 1. The maximum absolute atomic E-state index is 12.5. The third-order valence-corrected chi connectivity index (χ3v) is 5.98. The first kappa shape index (κ1) is 19.1. The van der Waals surface area contributed by atoms with Crippen molar-refractivity contribution in [2.45, 2.75) is 30.8 Å². The molecule has 0 aliphatic carbocycles. The van der Waals surface area contributed by atoms with E-state index in [1.54, 1.807) is 18.2 Å². The zero-order valence-electron chi connectivity index (χ0n) is 15.2. The molecule has 6 heteroatoms. The van der Waals surface area contributed by atoms with Crippen molar-refractivity contribution in [2.75, 3.05) is 0 Å². The molecule has 2 N–H and O–H groups in total. The van der Waals surface area contributed by atoms with Crippen LogP contribution in [-0.2, 0) is 14.8 Å². The predicted octanol–water partition coefficient (Wildman–Crippen LogP) is 3.38. The summed E-state index contributed by atoms with van der Waals surface area (Å²) in [4.78, 5) is 12.7. The Morgan fingerprint density at radius 3 is 2.22 bits per heavy atom. The van der Waals surface area contributed by atoms with E-state index >= 15 is 0 Å². The van der Waals surface area contributed by atoms with Crippen LogP contribution in [0.5, 0.6) is 0 Å². The van der Waals surface area contributed by atoms with E-state index in [2.05, 4.69) is 10.0 Å². The molecule has 0 fully saturated rings. The number of hydrogen-bond donors (Lipinski definition) is 2. The molecule has 3 aromatic carbocycles. The van der Waals surface area contributed by atoms with Crippen molar-refractivity contribution in [1.82, 2.24) is 10.0 Å². The Morgan fingerprint density at radius 1 is 0.852 bits per heavy atom. The summed E-state index contributed by atoms with van der Waals surface area (Å²) < 4.78 is 27.2. The van der Waals surface area contributed by atoms with Crippen molar-refractivity contribution in [3.8, 4) is 0 Å². The largest absolute Gasteiger partial charge is 0.348 e. The molecule has 140 valence electrons. The van der Waals surface area contributed by atoms with Gasteiger partial charge in [-0.25, -0.2) is 8.42 Å². The van der Waals surface area contributed by atoms with Crippen LogP contribution >= 0.6 is 0 Å². The van der Waals surface area contributed by atoms with Gasteiger partial charge in [-0.2, -0.15) is 4.72 Å². The van der Waals surface area contributed by atoms with E-state index in [1.807, 2.05) is 49.4 Å². The Bertz CT molecular complexity index is 1040. The lowest BCUT2D eigenvalue weighted by atomic mass is 9.99. The average Bonchev–Trinajstić information content (AvgIpc) is 2.67. The van der Waals surface area contributed by atoms with E-state index in [9.17, 15) is 13.2 Å². The molecular weight excluding hydrogens is 360 g/mol. The van der Waals surface area contributed by atoms with Crippen LogP contribution in [0, 0.1) is 0 Å². The lowest BCUT2D eigenvalue weighted by Crippen LogP contribution is -2.45. The first-order valence-electron chi connectivity index (χ1n) is 8.74. The van der Waals surface area contributed by atoms with E-state index in [0.29, 0.717) is 0 Å². The quantitative estimate of drug-likeness (QED) is 0.686. The molecular formula is C21H22N2O3S. The van der Waals surface area contributed by atoms with Crippen molar-refractivity contribution in [3.05, 3.63) is 78.4 Å². The van der Waals surface area contributed by atoms with Gasteiger partial charge in [-0.15, -0.1) is 0 Å². The number of hydrogen-bond acceptors (Lipinski definition) is 3. The molecule has 3 rings (SSSR count). The van der Waals surface area contributed by atoms with Crippen LogP contribution in [-0.4, -0.2) is 20.4 Å². The summed E-state index contributed by atoms with van der Waals surface area (Å²) in [5.74, 6) is -0.380. The van der Waals surface area contributed by atoms with Crippen LogP contribution in [0.15, 0.2) is 77.7 Å². The summed E-state index contributed by atoms with van der Waals surface area (Å²) in [6.45, 7) is 3.42. The summed E-state index contributed by atoms with van der Waals surface area (Å²) >= 11 is 0. The van der Waals surface area contributed by atoms with E-state index in [1.165, 1.54) is 19.1 Å². The number of carbonyl (C=O) groups is 1. The molecule has 27 heavy (non-hydrogen) atoms. The SMILES string of the molecule is CC(NS(=O)(=O)c1ccccc1)C(=O)NC(C)c1cccc2ccccc12. The average molecular weight is 382 g/mol. The number of benzene rings is 3. The van der Waals surface area contributed by atoms with E-state index in [-0.39, 0.29) is 16.8 Å². The minimum absolute atomic E-state index is 0.131. The monoisotopic (exact) mass is 382 g/mol. The second-order valence-electron chi connectivity index (χ2n) is 6.45. The summed E-state index contributed by atoms with van der Waals surface area (Å²) in [6, 6.07) is 20.7. The molecule has 0 spiro atoms. The Hall–Kier alpha value is -2.70. The van der Waals surface area contributed by atoms with E-state index < -0.39 is 16.1 Å². The third-order valence-electron chi connectivity index (χ3n) is 4.43. The van der Waals surface area contributed by atoms with Gasteiger partial charge in [0, 0.05) is 0 Å². The third kappa shape index (κ3) is 4.35. The number of sulfonamides is 1. The molecule has 5 nitrogen and oxygen atoms in total. The first-order chi connectivity index (χ1) is 12.9. The fraction of sp³-hybridized carbons (Fsp3) is 0.190. The van der Waals surface area contributed by atoms with Crippen molar-refractivity contribution < 1.29 is 13.2 Å².